The Bertz CT molecular complexity index is 360. The highest BCUT2D eigenvalue weighted by Gasteiger charge is 2.45. The summed E-state index contributed by atoms with van der Waals surface area (Å²) in [5, 5.41) is 3.62. The summed E-state index contributed by atoms with van der Waals surface area (Å²) in [6.07, 6.45) is 8.31. The Morgan fingerprint density at radius 2 is 1.86 bits per heavy atom. The maximum atomic E-state index is 12.8. The third kappa shape index (κ3) is 3.95. The maximum Gasteiger partial charge on any atom is 0.241 e. The van der Waals surface area contributed by atoms with Gasteiger partial charge in [0.2, 0.25) is 5.91 Å². The highest BCUT2D eigenvalue weighted by molar-refractivity contribution is 8.00. The summed E-state index contributed by atoms with van der Waals surface area (Å²) in [7, 11) is 0. The number of rotatable bonds is 7. The van der Waals surface area contributed by atoms with Crippen LogP contribution in [-0.4, -0.2) is 40.6 Å². The molecule has 4 heteroatoms. The lowest BCUT2D eigenvalue weighted by atomic mass is 9.83. The first-order valence-corrected chi connectivity index (χ1v) is 9.71. The predicted octanol–water partition coefficient (Wildman–Crippen LogP) is 3.49. The average molecular weight is 313 g/mol. The molecule has 1 aliphatic carbocycles. The van der Waals surface area contributed by atoms with Crippen molar-refractivity contribution in [3.05, 3.63) is 0 Å². The summed E-state index contributed by atoms with van der Waals surface area (Å²) < 4.78 is 0.333. The van der Waals surface area contributed by atoms with Crippen LogP contribution in [0.2, 0.25) is 0 Å². The lowest BCUT2D eigenvalue weighted by Crippen LogP contribution is -2.50. The number of nitrogens with one attached hydrogen (secondary N) is 1. The van der Waals surface area contributed by atoms with E-state index in [1.54, 1.807) is 0 Å². The molecule has 2 aliphatic rings. The normalized spacial score (nSPS) is 28.5. The number of carbonyl (C=O) groups is 1. The van der Waals surface area contributed by atoms with Gasteiger partial charge in [-0.15, -0.1) is 0 Å². The molecule has 1 N–H and O–H groups in total. The van der Waals surface area contributed by atoms with E-state index >= 15 is 0 Å². The first-order valence-electron chi connectivity index (χ1n) is 8.48. The van der Waals surface area contributed by atoms with Crippen molar-refractivity contribution in [1.29, 1.82) is 0 Å². The van der Waals surface area contributed by atoms with Crippen molar-refractivity contribution in [1.82, 2.24) is 10.2 Å². The molecule has 1 saturated heterocycles. The highest BCUT2D eigenvalue weighted by atomic mass is 32.2. The Balaban J connectivity index is 2.07. The van der Waals surface area contributed by atoms with Gasteiger partial charge in [0.15, 0.2) is 0 Å². The van der Waals surface area contributed by atoms with Gasteiger partial charge in [0.1, 0.15) is 0 Å². The summed E-state index contributed by atoms with van der Waals surface area (Å²) in [5.41, 5.74) is 0. The molecular weight excluding hydrogens is 280 g/mol. The number of hydrogen-bond donors (Lipinski definition) is 1. The Hall–Kier alpha value is -0.220. The number of thioether (sulfide) groups is 1. The van der Waals surface area contributed by atoms with Crippen LogP contribution in [0.4, 0.5) is 0 Å². The lowest BCUT2D eigenvalue weighted by Gasteiger charge is -2.44. The van der Waals surface area contributed by atoms with Crippen LogP contribution in [0.15, 0.2) is 0 Å². The molecule has 1 heterocycles. The minimum Gasteiger partial charge on any atom is -0.324 e. The molecule has 21 heavy (non-hydrogen) atoms. The van der Waals surface area contributed by atoms with Crippen molar-refractivity contribution in [2.24, 2.45) is 11.8 Å². The molecule has 122 valence electrons. The molecule has 0 bridgehead atoms. The van der Waals surface area contributed by atoms with Crippen molar-refractivity contribution in [2.75, 3.05) is 12.8 Å². The molecule has 0 spiro atoms. The summed E-state index contributed by atoms with van der Waals surface area (Å²) in [4.78, 5) is 15.0. The second-order valence-corrected chi connectivity index (χ2v) is 8.98. The summed E-state index contributed by atoms with van der Waals surface area (Å²) >= 11 is 1.96. The molecule has 2 rings (SSSR count). The van der Waals surface area contributed by atoms with E-state index in [0.717, 1.165) is 19.4 Å². The van der Waals surface area contributed by atoms with E-state index in [0.29, 0.717) is 22.5 Å². The maximum absolute atomic E-state index is 12.8. The monoisotopic (exact) mass is 312 g/mol. The third-order valence-corrected chi connectivity index (χ3v) is 6.31. The van der Waals surface area contributed by atoms with Crippen LogP contribution >= 0.6 is 11.8 Å². The van der Waals surface area contributed by atoms with Gasteiger partial charge >= 0.3 is 0 Å². The minimum absolute atomic E-state index is 0.0349. The zero-order valence-corrected chi connectivity index (χ0v) is 15.1. The van der Waals surface area contributed by atoms with Crippen LogP contribution in [0.3, 0.4) is 0 Å². The zero-order chi connectivity index (χ0) is 15.6. The van der Waals surface area contributed by atoms with E-state index in [9.17, 15) is 4.79 Å². The summed E-state index contributed by atoms with van der Waals surface area (Å²) in [5.74, 6) is 1.52. The van der Waals surface area contributed by atoms with E-state index in [-0.39, 0.29) is 12.2 Å². The molecular formula is C17H32N2OS. The van der Waals surface area contributed by atoms with Gasteiger partial charge in [-0.2, -0.15) is 11.8 Å². The molecule has 0 aromatic carbocycles. The van der Waals surface area contributed by atoms with E-state index in [1.165, 1.54) is 19.3 Å². The van der Waals surface area contributed by atoms with Gasteiger partial charge in [0.25, 0.3) is 0 Å². The fraction of sp³-hybridized carbons (Fsp3) is 0.941. The molecule has 0 aromatic rings. The summed E-state index contributed by atoms with van der Waals surface area (Å²) in [6.45, 7) is 9.82. The Morgan fingerprint density at radius 3 is 2.29 bits per heavy atom. The molecule has 2 atom stereocenters. The first kappa shape index (κ1) is 17.1. The van der Waals surface area contributed by atoms with Gasteiger partial charge < -0.3 is 4.90 Å². The molecule has 1 amide bonds. The number of carbonyl (C=O) groups excluding carboxylic acids is 1. The molecule has 1 saturated carbocycles. The Kier molecular flexibility index (Phi) is 5.64. The van der Waals surface area contributed by atoms with Crippen molar-refractivity contribution in [3.63, 3.8) is 0 Å². The van der Waals surface area contributed by atoms with Gasteiger partial charge in [-0.05, 0) is 43.8 Å². The Morgan fingerprint density at radius 1 is 1.24 bits per heavy atom. The molecule has 0 aromatic heterocycles. The van der Waals surface area contributed by atoms with Crippen LogP contribution in [-0.2, 0) is 4.79 Å². The number of amides is 1. The topological polar surface area (TPSA) is 32.3 Å². The standard InChI is InChI=1S/C17H32N2OS/c1-12(2)9-14-16(20)19(15(18-14)10-13(3)4)11-17(21-5)7-6-8-17/h12-15,18H,6-11H2,1-5H3. The number of hydrogen-bond acceptors (Lipinski definition) is 3. The fourth-order valence-corrected chi connectivity index (χ4v) is 4.49. The van der Waals surface area contributed by atoms with E-state index in [2.05, 4.69) is 44.2 Å². The van der Waals surface area contributed by atoms with Crippen LogP contribution in [0.25, 0.3) is 0 Å². The highest BCUT2D eigenvalue weighted by Crippen LogP contribution is 2.44. The van der Waals surface area contributed by atoms with Gasteiger partial charge in [0, 0.05) is 11.3 Å². The van der Waals surface area contributed by atoms with Crippen molar-refractivity contribution in [3.8, 4) is 0 Å². The molecule has 3 nitrogen and oxygen atoms in total. The largest absolute Gasteiger partial charge is 0.324 e. The van der Waals surface area contributed by atoms with Crippen LogP contribution in [0.5, 0.6) is 0 Å². The minimum atomic E-state index is 0.0349. The van der Waals surface area contributed by atoms with Gasteiger partial charge in [-0.25, -0.2) is 0 Å². The van der Waals surface area contributed by atoms with E-state index in [4.69, 9.17) is 0 Å². The lowest BCUT2D eigenvalue weighted by molar-refractivity contribution is -0.131. The smallest absolute Gasteiger partial charge is 0.241 e. The van der Waals surface area contributed by atoms with Crippen LogP contribution < -0.4 is 5.32 Å². The summed E-state index contributed by atoms with van der Waals surface area (Å²) in [6, 6.07) is 0.0349. The Labute approximate surface area is 134 Å². The second-order valence-electron chi connectivity index (χ2n) is 7.70. The van der Waals surface area contributed by atoms with Gasteiger partial charge in [-0.3, -0.25) is 10.1 Å². The van der Waals surface area contributed by atoms with E-state index < -0.39 is 0 Å². The van der Waals surface area contributed by atoms with Gasteiger partial charge in [0.05, 0.1) is 12.2 Å². The van der Waals surface area contributed by atoms with Crippen molar-refractivity contribution < 1.29 is 4.79 Å². The van der Waals surface area contributed by atoms with Crippen LogP contribution in [0, 0.1) is 11.8 Å². The molecule has 2 unspecified atom stereocenters. The molecule has 1 aliphatic heterocycles. The molecule has 0 radical (unpaired) electrons. The fourth-order valence-electron chi connectivity index (χ4n) is 3.53. The number of nitrogens with zero attached hydrogens (tertiary/aromatic N) is 1. The first-order chi connectivity index (χ1) is 9.87. The average Bonchev–Trinajstić information content (AvgIpc) is 2.60. The predicted molar refractivity (Wildman–Crippen MR) is 91.4 cm³/mol. The van der Waals surface area contributed by atoms with E-state index in [1.807, 2.05) is 11.8 Å². The van der Waals surface area contributed by atoms with Crippen molar-refractivity contribution >= 4 is 17.7 Å². The molecule has 2 fully saturated rings. The van der Waals surface area contributed by atoms with Crippen molar-refractivity contribution in [2.45, 2.75) is 76.8 Å². The SMILES string of the molecule is CSC1(CN2C(=O)C(CC(C)C)NC2CC(C)C)CCC1. The zero-order valence-electron chi connectivity index (χ0n) is 14.3. The quantitative estimate of drug-likeness (QED) is 0.781. The second kappa shape index (κ2) is 6.91. The third-order valence-electron chi connectivity index (χ3n) is 4.91. The van der Waals surface area contributed by atoms with Crippen LogP contribution in [0.1, 0.15) is 59.8 Å². The van der Waals surface area contributed by atoms with Gasteiger partial charge in [-0.1, -0.05) is 34.1 Å².